The summed E-state index contributed by atoms with van der Waals surface area (Å²) in [6.07, 6.45) is 11.3. The highest BCUT2D eigenvalue weighted by Crippen LogP contribution is 2.70. The van der Waals surface area contributed by atoms with Gasteiger partial charge in [0.1, 0.15) is 5.76 Å². The number of thioether (sulfide) groups is 1. The first-order chi connectivity index (χ1) is 20.7. The molecule has 2 N–H and O–H groups in total. The highest BCUT2D eigenvalue weighted by molar-refractivity contribution is 8.13. The van der Waals surface area contributed by atoms with Gasteiger partial charge in [-0.05, 0) is 92.1 Å². The lowest BCUT2D eigenvalue weighted by atomic mass is 9.44. The number of furan rings is 1. The number of carbonyl (C=O) groups excluding carboxylic acids is 2. The Bertz CT molecular complexity index is 1350. The van der Waals surface area contributed by atoms with Crippen molar-refractivity contribution < 1.29 is 38.1 Å². The average molecular weight is 629 g/mol. The number of ketones is 1. The molecule has 0 bridgehead atoms. The molecule has 44 heavy (non-hydrogen) atoms. The standard InChI is InChI=1S/C30H41FO4S.C5H4O3/c1-7-8-11-35-20(4)14-27(34)36-17-25-19(3)12-23-24-13-18(2)22-15-21(32)9-10-29(22,6)30(24,31)26(33)16-28(23,25)5;6-5(7)4-2-1-3-8-4/h8-11,15,18-19,23-26,33H,4,7,12-14,16-17H2,1-3,5-6H3;1-3H,(H,6,7)/b11-8-;/t18-,19+,23?,24?,25?,26?,28?,29?,30-;/m0./s1. The van der Waals surface area contributed by atoms with Gasteiger partial charge >= 0.3 is 5.97 Å². The third-order valence-electron chi connectivity index (χ3n) is 10.6. The van der Waals surface area contributed by atoms with Crippen LogP contribution in [0.4, 0.5) is 4.39 Å². The lowest BCUT2D eigenvalue weighted by Gasteiger charge is -2.63. The van der Waals surface area contributed by atoms with E-state index in [9.17, 15) is 19.5 Å². The summed E-state index contributed by atoms with van der Waals surface area (Å²) in [5.74, 6) is 0.347. The van der Waals surface area contributed by atoms with Crippen molar-refractivity contribution in [2.24, 2.45) is 40.4 Å². The molecule has 3 fully saturated rings. The molecule has 4 aliphatic rings. The summed E-state index contributed by atoms with van der Waals surface area (Å²) in [5.41, 5.74) is -2.24. The molecular formula is C35H45FO7S. The van der Waals surface area contributed by atoms with E-state index in [4.69, 9.17) is 9.84 Å². The Morgan fingerprint density at radius 2 is 1.98 bits per heavy atom. The number of allylic oxidation sites excluding steroid dienone is 6. The maximum atomic E-state index is 17.3. The molecule has 0 saturated heterocycles. The molecule has 1 aromatic rings. The third kappa shape index (κ3) is 6.14. The summed E-state index contributed by atoms with van der Waals surface area (Å²) < 4.78 is 27.2. The van der Waals surface area contributed by atoms with Gasteiger partial charge in [0.15, 0.2) is 16.6 Å². The Hall–Kier alpha value is -2.91. The highest BCUT2D eigenvalue weighted by Gasteiger charge is 2.71. The summed E-state index contributed by atoms with van der Waals surface area (Å²) in [4.78, 5) is 34.8. The van der Waals surface area contributed by atoms with Gasteiger partial charge in [-0.25, -0.2) is 9.18 Å². The molecule has 1 aromatic heterocycles. The molecule has 0 aromatic carbocycles. The van der Waals surface area contributed by atoms with Crippen LogP contribution in [0.2, 0.25) is 0 Å². The Labute approximate surface area is 263 Å². The monoisotopic (exact) mass is 628 g/mol. The van der Waals surface area contributed by atoms with Gasteiger partial charge in [-0.3, -0.25) is 9.59 Å². The number of halogens is 1. The molecule has 0 radical (unpaired) electrons. The lowest BCUT2D eigenvalue weighted by Crippen LogP contribution is -2.67. The molecule has 3 saturated carbocycles. The fourth-order valence-electron chi connectivity index (χ4n) is 8.50. The van der Waals surface area contributed by atoms with Crippen molar-refractivity contribution in [1.29, 1.82) is 0 Å². The van der Waals surface area contributed by atoms with Crippen molar-refractivity contribution >= 4 is 28.6 Å². The molecule has 0 amide bonds. The minimum absolute atomic E-state index is 0.0194. The second-order valence-electron chi connectivity index (χ2n) is 13.3. The number of hydrogen-bond donors (Lipinski definition) is 2. The molecule has 7 nitrogen and oxygen atoms in total. The number of carbonyl (C=O) groups is 3. The number of alkyl halides is 1. The van der Waals surface area contributed by atoms with E-state index in [1.807, 2.05) is 19.9 Å². The number of carboxylic acid groups (broad SMARTS) is 1. The molecule has 0 spiro atoms. The van der Waals surface area contributed by atoms with Gasteiger partial charge in [0, 0.05) is 17.1 Å². The van der Waals surface area contributed by atoms with Gasteiger partial charge in [-0.2, -0.15) is 0 Å². The Kier molecular flexibility index (Phi) is 10.2. The first-order valence-electron chi connectivity index (χ1n) is 15.4. The lowest BCUT2D eigenvalue weighted by molar-refractivity contribution is -0.199. The number of aromatic carboxylic acids is 1. The molecule has 6 unspecified atom stereocenters. The zero-order valence-corrected chi connectivity index (χ0v) is 27.1. The van der Waals surface area contributed by atoms with Crippen LogP contribution in [0.1, 0.15) is 77.3 Å². The number of aliphatic hydroxyl groups excluding tert-OH is 1. The molecule has 1 heterocycles. The summed E-state index contributed by atoms with van der Waals surface area (Å²) in [5, 5.41) is 19.7. The number of carboxylic acids is 1. The van der Waals surface area contributed by atoms with Crippen molar-refractivity contribution in [3.63, 3.8) is 0 Å². The van der Waals surface area contributed by atoms with Gasteiger partial charge in [0.05, 0.1) is 25.1 Å². The first kappa shape index (κ1) is 34.0. The van der Waals surface area contributed by atoms with Crippen LogP contribution in [0.5, 0.6) is 0 Å². The first-order valence-corrected chi connectivity index (χ1v) is 16.4. The number of ether oxygens (including phenoxy) is 1. The highest BCUT2D eigenvalue weighted by atomic mass is 32.2. The fraction of sp³-hybridized carbons (Fsp3) is 0.571. The summed E-state index contributed by atoms with van der Waals surface area (Å²) in [6, 6.07) is 2.92. The second-order valence-corrected chi connectivity index (χ2v) is 14.4. The van der Waals surface area contributed by atoms with Gasteiger partial charge in [0.25, 0.3) is 0 Å². The molecule has 9 atom stereocenters. The van der Waals surface area contributed by atoms with Crippen molar-refractivity contribution in [1.82, 2.24) is 0 Å². The summed E-state index contributed by atoms with van der Waals surface area (Å²) in [6.45, 7) is 14.2. The van der Waals surface area contributed by atoms with E-state index in [1.54, 1.807) is 18.4 Å². The van der Waals surface area contributed by atoms with Crippen LogP contribution in [-0.4, -0.2) is 44.6 Å². The molecule has 4 aliphatic carbocycles. The van der Waals surface area contributed by atoms with Crippen molar-refractivity contribution in [3.8, 4) is 0 Å². The molecule has 5 rings (SSSR count). The third-order valence-corrected chi connectivity index (χ3v) is 11.6. The number of hydrogen-bond acceptors (Lipinski definition) is 7. The molecular weight excluding hydrogens is 583 g/mol. The van der Waals surface area contributed by atoms with Crippen molar-refractivity contribution in [2.45, 2.75) is 78.5 Å². The smallest absolute Gasteiger partial charge is 0.371 e. The topological polar surface area (TPSA) is 114 Å². The molecule has 240 valence electrons. The van der Waals surface area contributed by atoms with Crippen LogP contribution >= 0.6 is 11.8 Å². The SMILES string of the molecule is C=C(CC(=O)SCC1[C@H](C)CC2C3C[C@H](C)C4=CC(=O)C=CC4(C)[C@@]3(F)C(O)CC21C)O/C=C\CC.O=C(O)c1ccco1. The second kappa shape index (κ2) is 13.2. The molecule has 0 aliphatic heterocycles. The normalized spacial score (nSPS) is 37.2. The van der Waals surface area contributed by atoms with Gasteiger partial charge in [-0.15, -0.1) is 0 Å². The maximum Gasteiger partial charge on any atom is 0.371 e. The predicted molar refractivity (Wildman–Crippen MR) is 168 cm³/mol. The minimum atomic E-state index is -1.81. The quantitative estimate of drug-likeness (QED) is 0.284. The van der Waals surface area contributed by atoms with Crippen LogP contribution in [-0.2, 0) is 14.3 Å². The molecule has 9 heteroatoms. The largest absolute Gasteiger partial charge is 0.475 e. The average Bonchev–Trinajstić information content (AvgIpc) is 3.58. The summed E-state index contributed by atoms with van der Waals surface area (Å²) >= 11 is 1.31. The van der Waals surface area contributed by atoms with Gasteiger partial charge in [0.2, 0.25) is 5.76 Å². The van der Waals surface area contributed by atoms with E-state index < -0.39 is 23.2 Å². The Morgan fingerprint density at radius 3 is 2.59 bits per heavy atom. The Morgan fingerprint density at radius 1 is 1.25 bits per heavy atom. The van der Waals surface area contributed by atoms with Crippen molar-refractivity contribution in [2.75, 3.05) is 5.75 Å². The number of aliphatic hydroxyl groups is 1. The van der Waals surface area contributed by atoms with E-state index in [0.717, 1.165) is 18.4 Å². The van der Waals surface area contributed by atoms with Crippen molar-refractivity contribution in [3.05, 3.63) is 72.6 Å². The zero-order chi connectivity index (χ0) is 32.4. The van der Waals surface area contributed by atoms with Crippen LogP contribution in [0.3, 0.4) is 0 Å². The zero-order valence-electron chi connectivity index (χ0n) is 26.3. The van der Waals surface area contributed by atoms with Crippen LogP contribution in [0, 0.1) is 40.4 Å². The number of rotatable bonds is 8. The van der Waals surface area contributed by atoms with E-state index >= 15 is 4.39 Å². The van der Waals surface area contributed by atoms with Gasteiger partial charge in [-0.1, -0.05) is 57.7 Å². The van der Waals surface area contributed by atoms with Gasteiger partial charge < -0.3 is 19.4 Å². The fourth-order valence-corrected chi connectivity index (χ4v) is 9.83. The number of fused-ring (bicyclic) bond motifs is 5. The van der Waals surface area contributed by atoms with E-state index in [2.05, 4.69) is 31.8 Å². The van der Waals surface area contributed by atoms with Crippen LogP contribution in [0.25, 0.3) is 0 Å². The van der Waals surface area contributed by atoms with Crippen LogP contribution in [0.15, 0.2) is 71.3 Å². The van der Waals surface area contributed by atoms with E-state index in [1.165, 1.54) is 36.2 Å². The minimum Gasteiger partial charge on any atom is -0.475 e. The summed E-state index contributed by atoms with van der Waals surface area (Å²) in [7, 11) is 0. The Balaban J connectivity index is 0.000000479. The predicted octanol–water partition coefficient (Wildman–Crippen LogP) is 7.55. The van der Waals surface area contributed by atoms with Crippen LogP contribution < -0.4 is 0 Å². The van der Waals surface area contributed by atoms with E-state index in [0.29, 0.717) is 30.3 Å². The maximum absolute atomic E-state index is 17.3. The van der Waals surface area contributed by atoms with E-state index in [-0.39, 0.29) is 52.2 Å².